The molecule has 2 atom stereocenters. The van der Waals surface area contributed by atoms with Crippen molar-refractivity contribution < 1.29 is 4.79 Å². The van der Waals surface area contributed by atoms with E-state index in [1.165, 1.54) is 5.56 Å². The summed E-state index contributed by atoms with van der Waals surface area (Å²) in [6, 6.07) is 10.1. The van der Waals surface area contributed by atoms with E-state index in [4.69, 9.17) is 5.73 Å². The van der Waals surface area contributed by atoms with Crippen molar-refractivity contribution in [1.82, 2.24) is 14.7 Å². The Labute approximate surface area is 124 Å². The molecule has 110 valence electrons. The van der Waals surface area contributed by atoms with Crippen LogP contribution < -0.4 is 5.73 Å². The van der Waals surface area contributed by atoms with Crippen LogP contribution in [0.1, 0.15) is 27.5 Å². The maximum atomic E-state index is 12.6. The quantitative estimate of drug-likeness (QED) is 0.904. The first-order valence-electron chi connectivity index (χ1n) is 7.16. The normalized spacial score (nSPS) is 21.8. The van der Waals surface area contributed by atoms with Gasteiger partial charge in [-0.1, -0.05) is 30.3 Å². The molecule has 0 bridgehead atoms. The van der Waals surface area contributed by atoms with Crippen molar-refractivity contribution in [3.63, 3.8) is 0 Å². The summed E-state index contributed by atoms with van der Waals surface area (Å²) in [6.07, 6.45) is 1.64. The van der Waals surface area contributed by atoms with Gasteiger partial charge in [0.2, 0.25) is 0 Å². The molecule has 0 aliphatic carbocycles. The third-order valence-corrected chi connectivity index (χ3v) is 4.35. The summed E-state index contributed by atoms with van der Waals surface area (Å²) in [4.78, 5) is 14.5. The molecule has 1 saturated heterocycles. The molecule has 2 aromatic rings. The highest BCUT2D eigenvalue weighted by Crippen LogP contribution is 2.27. The van der Waals surface area contributed by atoms with Gasteiger partial charge in [-0.15, -0.1) is 0 Å². The largest absolute Gasteiger partial charge is 0.336 e. The number of nitrogens with zero attached hydrogens (tertiary/aromatic N) is 3. The topological polar surface area (TPSA) is 64.2 Å². The van der Waals surface area contributed by atoms with E-state index in [1.54, 1.807) is 10.9 Å². The van der Waals surface area contributed by atoms with Crippen LogP contribution in [0.5, 0.6) is 0 Å². The molecule has 1 aromatic heterocycles. The van der Waals surface area contributed by atoms with Gasteiger partial charge in [0.1, 0.15) is 0 Å². The highest BCUT2D eigenvalue weighted by molar-refractivity contribution is 5.95. The lowest BCUT2D eigenvalue weighted by Crippen LogP contribution is -2.32. The van der Waals surface area contributed by atoms with Crippen LogP contribution in [0.25, 0.3) is 0 Å². The minimum atomic E-state index is -0.0201. The van der Waals surface area contributed by atoms with Crippen LogP contribution in [0.15, 0.2) is 36.5 Å². The molecule has 0 saturated carbocycles. The van der Waals surface area contributed by atoms with Crippen molar-refractivity contribution in [2.75, 3.05) is 13.1 Å². The van der Waals surface area contributed by atoms with Crippen LogP contribution in [-0.2, 0) is 7.05 Å². The molecular formula is C16H20N4O. The summed E-state index contributed by atoms with van der Waals surface area (Å²) in [5, 5.41) is 4.14. The van der Waals surface area contributed by atoms with Crippen LogP contribution in [0.4, 0.5) is 0 Å². The van der Waals surface area contributed by atoms with E-state index in [-0.39, 0.29) is 17.9 Å². The number of carbonyl (C=O) groups is 1. The maximum absolute atomic E-state index is 12.6. The Morgan fingerprint density at radius 3 is 2.62 bits per heavy atom. The van der Waals surface area contributed by atoms with Gasteiger partial charge >= 0.3 is 0 Å². The lowest BCUT2D eigenvalue weighted by molar-refractivity contribution is 0.0788. The number of benzene rings is 1. The number of aryl methyl sites for hydroxylation is 1. The van der Waals surface area contributed by atoms with E-state index < -0.39 is 0 Å². The Bertz CT molecular complexity index is 650. The zero-order valence-electron chi connectivity index (χ0n) is 12.4. The molecule has 1 aliphatic heterocycles. The summed E-state index contributed by atoms with van der Waals surface area (Å²) < 4.78 is 1.72. The van der Waals surface area contributed by atoms with Gasteiger partial charge in [0, 0.05) is 37.8 Å². The Kier molecular flexibility index (Phi) is 3.51. The Morgan fingerprint density at radius 1 is 1.29 bits per heavy atom. The monoisotopic (exact) mass is 284 g/mol. The molecule has 2 heterocycles. The summed E-state index contributed by atoms with van der Waals surface area (Å²) in [6.45, 7) is 3.16. The van der Waals surface area contributed by atoms with Gasteiger partial charge in [-0.2, -0.15) is 5.10 Å². The van der Waals surface area contributed by atoms with Gasteiger partial charge in [-0.25, -0.2) is 0 Å². The van der Waals surface area contributed by atoms with Crippen molar-refractivity contribution in [2.24, 2.45) is 12.8 Å². The number of likely N-dealkylation sites (tertiary alicyclic amines) is 1. The summed E-state index contributed by atoms with van der Waals surface area (Å²) >= 11 is 0. The summed E-state index contributed by atoms with van der Waals surface area (Å²) in [5.74, 6) is 0.224. The van der Waals surface area contributed by atoms with E-state index in [0.717, 1.165) is 5.69 Å². The number of amides is 1. The van der Waals surface area contributed by atoms with Crippen molar-refractivity contribution >= 4 is 5.91 Å². The number of carbonyl (C=O) groups excluding carboxylic acids is 1. The Hall–Kier alpha value is -2.14. The molecule has 0 radical (unpaired) electrons. The molecule has 1 aliphatic rings. The fraction of sp³-hybridized carbons (Fsp3) is 0.375. The number of rotatable bonds is 2. The highest BCUT2D eigenvalue weighted by Gasteiger charge is 2.35. The lowest BCUT2D eigenvalue weighted by atomic mass is 9.95. The van der Waals surface area contributed by atoms with Crippen LogP contribution in [0.2, 0.25) is 0 Å². The first-order valence-corrected chi connectivity index (χ1v) is 7.16. The van der Waals surface area contributed by atoms with Crippen molar-refractivity contribution in [3.05, 3.63) is 53.3 Å². The van der Waals surface area contributed by atoms with Gasteiger partial charge in [0.25, 0.3) is 5.91 Å². The second-order valence-electron chi connectivity index (χ2n) is 5.66. The zero-order chi connectivity index (χ0) is 15.0. The van der Waals surface area contributed by atoms with E-state index >= 15 is 0 Å². The predicted octanol–water partition coefficient (Wildman–Crippen LogP) is 1.30. The molecule has 3 rings (SSSR count). The van der Waals surface area contributed by atoms with Gasteiger partial charge < -0.3 is 10.6 Å². The minimum absolute atomic E-state index is 0.0201. The molecule has 5 nitrogen and oxygen atoms in total. The average molecular weight is 284 g/mol. The summed E-state index contributed by atoms with van der Waals surface area (Å²) in [7, 11) is 1.84. The zero-order valence-corrected chi connectivity index (χ0v) is 12.4. The average Bonchev–Trinajstić information content (AvgIpc) is 3.04. The van der Waals surface area contributed by atoms with Crippen molar-refractivity contribution in [1.29, 1.82) is 0 Å². The first kappa shape index (κ1) is 13.8. The molecule has 21 heavy (non-hydrogen) atoms. The SMILES string of the molecule is Cc1c(C(=O)N2C[C@@H](N)[C@H](c3ccccc3)C2)cnn1C. The Balaban J connectivity index is 1.80. The molecule has 5 heteroatoms. The van der Waals surface area contributed by atoms with Gasteiger partial charge in [0.15, 0.2) is 0 Å². The smallest absolute Gasteiger partial charge is 0.257 e. The summed E-state index contributed by atoms with van der Waals surface area (Å²) in [5.41, 5.74) is 8.99. The van der Waals surface area contributed by atoms with E-state index in [9.17, 15) is 4.79 Å². The third kappa shape index (κ3) is 2.45. The molecular weight excluding hydrogens is 264 g/mol. The molecule has 1 aromatic carbocycles. The second-order valence-corrected chi connectivity index (χ2v) is 5.66. The first-order chi connectivity index (χ1) is 10.1. The Morgan fingerprint density at radius 2 is 2.00 bits per heavy atom. The maximum Gasteiger partial charge on any atom is 0.257 e. The minimum Gasteiger partial charge on any atom is -0.336 e. The molecule has 0 unspecified atom stereocenters. The molecule has 1 amide bonds. The molecule has 0 spiro atoms. The second kappa shape index (κ2) is 5.33. The number of aromatic nitrogens is 2. The number of hydrogen-bond donors (Lipinski definition) is 1. The van der Waals surface area contributed by atoms with Crippen LogP contribution in [0.3, 0.4) is 0 Å². The highest BCUT2D eigenvalue weighted by atomic mass is 16.2. The number of hydrogen-bond acceptors (Lipinski definition) is 3. The van der Waals surface area contributed by atoms with Gasteiger partial charge in [-0.3, -0.25) is 9.48 Å². The van der Waals surface area contributed by atoms with Gasteiger partial charge in [-0.05, 0) is 12.5 Å². The van der Waals surface area contributed by atoms with E-state index in [0.29, 0.717) is 18.7 Å². The number of nitrogens with two attached hydrogens (primary N) is 1. The predicted molar refractivity (Wildman–Crippen MR) is 81.0 cm³/mol. The van der Waals surface area contributed by atoms with Crippen LogP contribution >= 0.6 is 0 Å². The van der Waals surface area contributed by atoms with Gasteiger partial charge in [0.05, 0.1) is 11.8 Å². The fourth-order valence-electron chi connectivity index (χ4n) is 2.93. The standard InChI is InChI=1S/C16H20N4O/c1-11-13(8-18-19(11)2)16(21)20-9-14(15(17)10-20)12-6-4-3-5-7-12/h3-8,14-15H,9-10,17H2,1-2H3/t14-,15+/m0/s1. The van der Waals surface area contributed by atoms with Crippen LogP contribution in [0, 0.1) is 6.92 Å². The van der Waals surface area contributed by atoms with E-state index in [1.807, 2.05) is 37.1 Å². The van der Waals surface area contributed by atoms with Crippen LogP contribution in [-0.4, -0.2) is 39.7 Å². The third-order valence-electron chi connectivity index (χ3n) is 4.35. The lowest BCUT2D eigenvalue weighted by Gasteiger charge is -2.16. The molecule has 2 N–H and O–H groups in total. The fourth-order valence-corrected chi connectivity index (χ4v) is 2.93. The molecule has 1 fully saturated rings. The van der Waals surface area contributed by atoms with E-state index in [2.05, 4.69) is 17.2 Å². The van der Waals surface area contributed by atoms with Crippen molar-refractivity contribution in [3.8, 4) is 0 Å². The van der Waals surface area contributed by atoms with Crippen molar-refractivity contribution in [2.45, 2.75) is 18.9 Å².